The van der Waals surface area contributed by atoms with E-state index in [9.17, 15) is 9.59 Å². The zero-order chi connectivity index (χ0) is 26.5. The van der Waals surface area contributed by atoms with Gasteiger partial charge in [0.1, 0.15) is 11.5 Å². The van der Waals surface area contributed by atoms with Crippen molar-refractivity contribution in [3.05, 3.63) is 83.0 Å². The lowest BCUT2D eigenvalue weighted by Crippen LogP contribution is -2.21. The first kappa shape index (κ1) is 28.1. The maximum absolute atomic E-state index is 12.2. The highest BCUT2D eigenvalue weighted by Gasteiger charge is 2.26. The summed E-state index contributed by atoms with van der Waals surface area (Å²) in [6, 6.07) is 12.0. The monoisotopic (exact) mass is 476 g/mol. The Morgan fingerprint density at radius 3 is 1.37 bits per heavy atom. The van der Waals surface area contributed by atoms with Crippen LogP contribution in [-0.4, -0.2) is 11.9 Å². The third-order valence-corrected chi connectivity index (χ3v) is 5.91. The molecule has 2 aromatic carbocycles. The number of allylic oxidation sites excluding steroid dienone is 2. The fourth-order valence-corrected chi connectivity index (χ4v) is 3.68. The Labute approximate surface area is 211 Å². The smallest absolute Gasteiger partial charge is 0.313 e. The largest absolute Gasteiger partial charge is 0.426 e. The van der Waals surface area contributed by atoms with Gasteiger partial charge < -0.3 is 9.47 Å². The van der Waals surface area contributed by atoms with E-state index in [-0.39, 0.29) is 29.2 Å². The van der Waals surface area contributed by atoms with Crippen molar-refractivity contribution in [3.63, 3.8) is 0 Å². The van der Waals surface area contributed by atoms with Crippen LogP contribution in [0, 0.1) is 11.8 Å². The van der Waals surface area contributed by atoms with Crippen molar-refractivity contribution in [1.82, 2.24) is 0 Å². The van der Waals surface area contributed by atoms with Gasteiger partial charge in [-0.25, -0.2) is 0 Å². The molecule has 0 atom stereocenters. The lowest BCUT2D eigenvalue weighted by Gasteiger charge is -2.28. The summed E-state index contributed by atoms with van der Waals surface area (Å²) in [4.78, 5) is 24.5. The van der Waals surface area contributed by atoms with Gasteiger partial charge in [0, 0.05) is 5.41 Å². The van der Waals surface area contributed by atoms with Gasteiger partial charge in [-0.15, -0.1) is 0 Å². The first-order valence-corrected chi connectivity index (χ1v) is 12.2. The highest BCUT2D eigenvalue weighted by molar-refractivity contribution is 5.75. The van der Waals surface area contributed by atoms with E-state index in [0.717, 1.165) is 33.4 Å². The Bertz CT molecular complexity index is 1030. The van der Waals surface area contributed by atoms with E-state index in [2.05, 4.69) is 39.1 Å². The Kier molecular flexibility index (Phi) is 9.25. The topological polar surface area (TPSA) is 52.6 Å². The van der Waals surface area contributed by atoms with Crippen molar-refractivity contribution in [2.75, 3.05) is 0 Å². The molecule has 0 bridgehead atoms. The van der Waals surface area contributed by atoms with Gasteiger partial charge in [0.2, 0.25) is 0 Å². The van der Waals surface area contributed by atoms with Crippen LogP contribution in [0.1, 0.15) is 77.6 Å². The Morgan fingerprint density at radius 1 is 0.743 bits per heavy atom. The van der Waals surface area contributed by atoms with Crippen LogP contribution in [0.4, 0.5) is 0 Å². The van der Waals surface area contributed by atoms with E-state index in [1.54, 1.807) is 0 Å². The van der Waals surface area contributed by atoms with Crippen molar-refractivity contribution in [1.29, 1.82) is 0 Å². The predicted molar refractivity (Wildman–Crippen MR) is 143 cm³/mol. The molecule has 0 fully saturated rings. The summed E-state index contributed by atoms with van der Waals surface area (Å²) in [5, 5.41) is 0. The highest BCUT2D eigenvalue weighted by Crippen LogP contribution is 2.37. The summed E-state index contributed by atoms with van der Waals surface area (Å²) in [6.07, 6.45) is 1.24. The number of ether oxygens (including phenoxy) is 2. The van der Waals surface area contributed by atoms with E-state index >= 15 is 0 Å². The third kappa shape index (κ3) is 7.42. The zero-order valence-electron chi connectivity index (χ0n) is 22.6. The average molecular weight is 477 g/mol. The number of carbonyl (C=O) groups excluding carboxylic acids is 2. The minimum Gasteiger partial charge on any atom is -0.426 e. The standard InChI is InChI=1S/C31H40O4/c1-19(2)15-23-17-25(11-13-27(23)34-29(32)21(5)6)31(9,10)26-12-14-28(35-30(33)22(7)8)24(18-26)16-20(3)4/h11-14,17-18,21-22H,1,3,15-16H2,2,4-10H3. The van der Waals surface area contributed by atoms with Gasteiger partial charge in [-0.05, 0) is 61.1 Å². The first-order chi connectivity index (χ1) is 16.2. The van der Waals surface area contributed by atoms with Gasteiger partial charge in [-0.3, -0.25) is 9.59 Å². The molecule has 0 aliphatic carbocycles. The van der Waals surface area contributed by atoms with Crippen LogP contribution in [0.3, 0.4) is 0 Å². The number of carbonyl (C=O) groups is 2. The van der Waals surface area contributed by atoms with Gasteiger partial charge in [-0.2, -0.15) is 0 Å². The maximum Gasteiger partial charge on any atom is 0.313 e. The number of hydrogen-bond acceptors (Lipinski definition) is 4. The Morgan fingerprint density at radius 2 is 1.09 bits per heavy atom. The molecule has 0 heterocycles. The van der Waals surface area contributed by atoms with Crippen LogP contribution in [0.2, 0.25) is 0 Å². The van der Waals surface area contributed by atoms with Gasteiger partial charge >= 0.3 is 11.9 Å². The molecule has 188 valence electrons. The number of esters is 2. The van der Waals surface area contributed by atoms with Crippen molar-refractivity contribution in [3.8, 4) is 11.5 Å². The molecular formula is C31H40O4. The summed E-state index contributed by atoms with van der Waals surface area (Å²) < 4.78 is 11.4. The minimum atomic E-state index is -0.352. The SMILES string of the molecule is C=C(C)Cc1cc(C(C)(C)c2ccc(OC(=O)C(C)C)c(CC(=C)C)c2)ccc1OC(=O)C(C)C. The predicted octanol–water partition coefficient (Wildman–Crippen LogP) is 7.37. The number of rotatable bonds is 10. The van der Waals surface area contributed by atoms with Crippen LogP contribution < -0.4 is 9.47 Å². The van der Waals surface area contributed by atoms with Crippen LogP contribution in [0.25, 0.3) is 0 Å². The molecule has 0 aliphatic heterocycles. The van der Waals surface area contributed by atoms with Crippen LogP contribution in [0.15, 0.2) is 60.7 Å². The fraction of sp³-hybridized carbons (Fsp3) is 0.419. The molecule has 0 amide bonds. The molecule has 2 rings (SSSR count). The second-order valence-corrected chi connectivity index (χ2v) is 10.7. The van der Waals surface area contributed by atoms with E-state index < -0.39 is 0 Å². The molecule has 0 aliphatic rings. The summed E-state index contributed by atoms with van der Waals surface area (Å²) in [7, 11) is 0. The van der Waals surface area contributed by atoms with Crippen molar-refractivity contribution >= 4 is 11.9 Å². The van der Waals surface area contributed by atoms with Gasteiger partial charge in [-0.1, -0.05) is 90.1 Å². The second-order valence-electron chi connectivity index (χ2n) is 10.7. The average Bonchev–Trinajstić information content (AvgIpc) is 2.74. The normalized spacial score (nSPS) is 11.5. The van der Waals surface area contributed by atoms with Crippen LogP contribution in [-0.2, 0) is 27.8 Å². The summed E-state index contributed by atoms with van der Waals surface area (Å²) in [5.74, 6) is 0.222. The number of hydrogen-bond donors (Lipinski definition) is 0. The van der Waals surface area contributed by atoms with E-state index in [0.29, 0.717) is 24.3 Å². The van der Waals surface area contributed by atoms with Crippen molar-refractivity contribution in [2.24, 2.45) is 11.8 Å². The van der Waals surface area contributed by atoms with Crippen LogP contribution >= 0.6 is 0 Å². The molecule has 35 heavy (non-hydrogen) atoms. The highest BCUT2D eigenvalue weighted by atomic mass is 16.5. The van der Waals surface area contributed by atoms with Gasteiger partial charge in [0.15, 0.2) is 0 Å². The summed E-state index contributed by atoms with van der Waals surface area (Å²) in [6.45, 7) is 23.6. The van der Waals surface area contributed by atoms with Gasteiger partial charge in [0.25, 0.3) is 0 Å². The summed E-state index contributed by atoms with van der Waals surface area (Å²) in [5.41, 5.74) is 5.67. The lowest BCUT2D eigenvalue weighted by atomic mass is 9.76. The van der Waals surface area contributed by atoms with E-state index in [4.69, 9.17) is 9.47 Å². The Hall–Kier alpha value is -3.14. The van der Waals surface area contributed by atoms with E-state index in [1.165, 1.54) is 0 Å². The van der Waals surface area contributed by atoms with Crippen molar-refractivity contribution in [2.45, 2.75) is 73.6 Å². The molecule has 0 radical (unpaired) electrons. The quantitative estimate of drug-likeness (QED) is 0.204. The second kappa shape index (κ2) is 11.5. The molecule has 0 unspecified atom stereocenters. The summed E-state index contributed by atoms with van der Waals surface area (Å²) >= 11 is 0. The molecule has 0 saturated heterocycles. The maximum atomic E-state index is 12.2. The first-order valence-electron chi connectivity index (χ1n) is 12.2. The molecule has 4 heteroatoms. The lowest BCUT2D eigenvalue weighted by molar-refractivity contribution is -0.138. The molecular weight excluding hydrogens is 436 g/mol. The molecule has 0 spiro atoms. The molecule has 0 aromatic heterocycles. The molecule has 0 N–H and O–H groups in total. The van der Waals surface area contributed by atoms with E-state index in [1.807, 2.05) is 65.8 Å². The Balaban J connectivity index is 2.53. The number of benzene rings is 2. The third-order valence-electron chi connectivity index (χ3n) is 5.91. The van der Waals surface area contributed by atoms with Gasteiger partial charge in [0.05, 0.1) is 11.8 Å². The fourth-order valence-electron chi connectivity index (χ4n) is 3.68. The van der Waals surface area contributed by atoms with Crippen molar-refractivity contribution < 1.29 is 19.1 Å². The molecule has 0 saturated carbocycles. The van der Waals surface area contributed by atoms with Crippen LogP contribution in [0.5, 0.6) is 11.5 Å². The molecule has 4 nitrogen and oxygen atoms in total. The minimum absolute atomic E-state index is 0.209. The zero-order valence-corrected chi connectivity index (χ0v) is 22.6. The molecule has 2 aromatic rings.